The SMILES string of the molecule is c1ccc(-c2ccc3c4ccccc4n(-c4ccc5c(c4)c4cc(-n6c7ccccc7c7ccc(-c8ccccc8)cc76)ccc4n5-c4nc(-c5ccccc5)nc(-c5ccccc5)n4)c3c2)cc1. The number of para-hydroxylation sites is 2. The summed E-state index contributed by atoms with van der Waals surface area (Å²) >= 11 is 0. The van der Waals surface area contributed by atoms with Crippen molar-refractivity contribution in [3.8, 4) is 62.4 Å². The second kappa shape index (κ2) is 15.6. The molecule has 0 radical (unpaired) electrons. The number of hydrogen-bond acceptors (Lipinski definition) is 3. The predicted molar refractivity (Wildman–Crippen MR) is 285 cm³/mol. The van der Waals surface area contributed by atoms with Crippen LogP contribution >= 0.6 is 0 Å². The van der Waals surface area contributed by atoms with Gasteiger partial charge >= 0.3 is 0 Å². The average molecular weight is 881 g/mol. The zero-order chi connectivity index (χ0) is 45.4. The molecule has 322 valence electrons. The molecule has 4 aromatic heterocycles. The number of benzene rings is 10. The minimum Gasteiger partial charge on any atom is -0.309 e. The highest BCUT2D eigenvalue weighted by Gasteiger charge is 2.22. The van der Waals surface area contributed by atoms with Crippen molar-refractivity contribution in [3.05, 3.63) is 243 Å². The van der Waals surface area contributed by atoms with E-state index in [1.807, 2.05) is 36.4 Å². The lowest BCUT2D eigenvalue weighted by molar-refractivity contribution is 0.953. The molecule has 0 bridgehead atoms. The minimum atomic E-state index is 0.553. The van der Waals surface area contributed by atoms with Gasteiger partial charge in [0, 0.05) is 54.8 Å². The van der Waals surface area contributed by atoms with E-state index in [2.05, 4.69) is 220 Å². The van der Waals surface area contributed by atoms with Crippen LogP contribution in [-0.4, -0.2) is 28.7 Å². The van der Waals surface area contributed by atoms with Gasteiger partial charge in [0.05, 0.1) is 33.1 Å². The molecule has 0 unspecified atom stereocenters. The fourth-order valence-corrected chi connectivity index (χ4v) is 10.5. The maximum absolute atomic E-state index is 5.29. The Morgan fingerprint density at radius 2 is 0.580 bits per heavy atom. The van der Waals surface area contributed by atoms with E-state index in [1.165, 1.54) is 43.8 Å². The molecular weight excluding hydrogens is 841 g/mol. The Bertz CT molecular complexity index is 4010. The van der Waals surface area contributed by atoms with E-state index in [4.69, 9.17) is 15.0 Å². The first kappa shape index (κ1) is 38.8. The van der Waals surface area contributed by atoms with Crippen LogP contribution in [0.25, 0.3) is 128 Å². The molecule has 0 aliphatic heterocycles. The number of hydrogen-bond donors (Lipinski definition) is 0. The van der Waals surface area contributed by atoms with E-state index < -0.39 is 0 Å². The highest BCUT2D eigenvalue weighted by molar-refractivity contribution is 6.14. The van der Waals surface area contributed by atoms with Crippen molar-refractivity contribution in [3.63, 3.8) is 0 Å². The second-order valence-corrected chi connectivity index (χ2v) is 17.7. The maximum Gasteiger partial charge on any atom is 0.238 e. The van der Waals surface area contributed by atoms with Crippen molar-refractivity contribution in [1.29, 1.82) is 0 Å². The van der Waals surface area contributed by atoms with Crippen LogP contribution in [0.15, 0.2) is 243 Å². The van der Waals surface area contributed by atoms with Crippen LogP contribution in [0.2, 0.25) is 0 Å². The smallest absolute Gasteiger partial charge is 0.238 e. The molecule has 0 atom stereocenters. The molecule has 0 aliphatic carbocycles. The summed E-state index contributed by atoms with van der Waals surface area (Å²) in [7, 11) is 0. The number of nitrogens with zero attached hydrogens (tertiary/aromatic N) is 6. The first-order chi connectivity index (χ1) is 34.2. The lowest BCUT2D eigenvalue weighted by Crippen LogP contribution is -2.06. The van der Waals surface area contributed by atoms with E-state index in [1.54, 1.807) is 0 Å². The van der Waals surface area contributed by atoms with Crippen LogP contribution in [0.1, 0.15) is 0 Å². The van der Waals surface area contributed by atoms with Crippen molar-refractivity contribution >= 4 is 65.4 Å². The van der Waals surface area contributed by atoms with E-state index in [-0.39, 0.29) is 0 Å². The molecule has 14 aromatic rings. The van der Waals surface area contributed by atoms with Gasteiger partial charge in [-0.2, -0.15) is 9.97 Å². The summed E-state index contributed by atoms with van der Waals surface area (Å²) in [5.41, 5.74) is 15.3. The molecule has 10 aromatic carbocycles. The summed E-state index contributed by atoms with van der Waals surface area (Å²) < 4.78 is 7.06. The first-order valence-electron chi connectivity index (χ1n) is 23.4. The van der Waals surface area contributed by atoms with Gasteiger partial charge in [-0.3, -0.25) is 4.57 Å². The molecule has 0 saturated carbocycles. The van der Waals surface area contributed by atoms with Gasteiger partial charge in [-0.05, 0) is 82.9 Å². The number of fused-ring (bicyclic) bond motifs is 9. The Morgan fingerprint density at radius 3 is 1.01 bits per heavy atom. The molecule has 4 heterocycles. The van der Waals surface area contributed by atoms with Crippen molar-refractivity contribution < 1.29 is 0 Å². The molecule has 0 aliphatic rings. The van der Waals surface area contributed by atoms with Crippen LogP contribution in [-0.2, 0) is 0 Å². The van der Waals surface area contributed by atoms with E-state index >= 15 is 0 Å². The van der Waals surface area contributed by atoms with Gasteiger partial charge in [-0.1, -0.05) is 182 Å². The highest BCUT2D eigenvalue weighted by Crippen LogP contribution is 2.41. The highest BCUT2D eigenvalue weighted by atomic mass is 15.2. The summed E-state index contributed by atoms with van der Waals surface area (Å²) in [4.78, 5) is 15.6. The van der Waals surface area contributed by atoms with Gasteiger partial charge in [-0.25, -0.2) is 4.98 Å². The van der Waals surface area contributed by atoms with Crippen molar-refractivity contribution in [1.82, 2.24) is 28.7 Å². The predicted octanol–water partition coefficient (Wildman–Crippen LogP) is 15.8. The van der Waals surface area contributed by atoms with Gasteiger partial charge in [0.15, 0.2) is 11.6 Å². The molecule has 0 saturated heterocycles. The lowest BCUT2D eigenvalue weighted by atomic mass is 10.0. The molecule has 6 heteroatoms. The quantitative estimate of drug-likeness (QED) is 0.160. The van der Waals surface area contributed by atoms with Crippen LogP contribution in [0.5, 0.6) is 0 Å². The summed E-state index contributed by atoms with van der Waals surface area (Å²) in [5.74, 6) is 1.78. The zero-order valence-electron chi connectivity index (χ0n) is 37.3. The summed E-state index contributed by atoms with van der Waals surface area (Å²) in [5, 5.41) is 7.02. The van der Waals surface area contributed by atoms with Gasteiger partial charge in [0.1, 0.15) is 0 Å². The lowest BCUT2D eigenvalue weighted by Gasteiger charge is -2.12. The van der Waals surface area contributed by atoms with Crippen LogP contribution < -0.4 is 0 Å². The van der Waals surface area contributed by atoms with Crippen LogP contribution in [0.3, 0.4) is 0 Å². The normalized spacial score (nSPS) is 11.8. The van der Waals surface area contributed by atoms with Gasteiger partial charge in [0.25, 0.3) is 0 Å². The monoisotopic (exact) mass is 880 g/mol. The van der Waals surface area contributed by atoms with Gasteiger partial charge in [0.2, 0.25) is 5.95 Å². The fourth-order valence-electron chi connectivity index (χ4n) is 10.5. The molecule has 0 spiro atoms. The molecule has 0 fully saturated rings. The fraction of sp³-hybridized carbons (Fsp3) is 0. The first-order valence-corrected chi connectivity index (χ1v) is 23.4. The Hall–Kier alpha value is -9.39. The minimum absolute atomic E-state index is 0.553. The number of aromatic nitrogens is 6. The van der Waals surface area contributed by atoms with Crippen molar-refractivity contribution in [2.45, 2.75) is 0 Å². The third kappa shape index (κ3) is 6.30. The zero-order valence-corrected chi connectivity index (χ0v) is 37.3. The number of rotatable bonds is 7. The third-order valence-electron chi connectivity index (χ3n) is 13.7. The maximum atomic E-state index is 5.29. The third-order valence-corrected chi connectivity index (χ3v) is 13.7. The molecular formula is C63H40N6. The van der Waals surface area contributed by atoms with Gasteiger partial charge < -0.3 is 9.13 Å². The topological polar surface area (TPSA) is 53.5 Å². The summed E-state index contributed by atoms with van der Waals surface area (Å²) in [6.07, 6.45) is 0. The molecule has 14 rings (SSSR count). The van der Waals surface area contributed by atoms with Crippen LogP contribution in [0.4, 0.5) is 0 Å². The van der Waals surface area contributed by atoms with Crippen molar-refractivity contribution in [2.24, 2.45) is 0 Å². The Labute approximate surface area is 397 Å². The molecule has 6 nitrogen and oxygen atoms in total. The standard InChI is InChI=1S/C63H40N6/c1-5-17-41(18-6-1)45-29-33-51-49-25-13-15-27-55(49)67(59(51)37-45)47-31-35-57-53(39-47)54-40-48(68-56-28-16-14-26-50(56)52-34-30-46(38-60(52)68)42-19-7-2-8-20-42)32-36-58(54)69(57)63-65-61(43-21-9-3-10-22-43)64-62(66-63)44-23-11-4-12-24-44/h1-40H. The van der Waals surface area contributed by atoms with E-state index in [0.717, 1.165) is 66.4 Å². The van der Waals surface area contributed by atoms with Crippen molar-refractivity contribution in [2.75, 3.05) is 0 Å². The van der Waals surface area contributed by atoms with Crippen LogP contribution in [0, 0.1) is 0 Å². The Morgan fingerprint density at radius 1 is 0.217 bits per heavy atom. The summed E-state index contributed by atoms with van der Waals surface area (Å²) in [6.45, 7) is 0. The summed E-state index contributed by atoms with van der Waals surface area (Å²) in [6, 6.07) is 86.5. The second-order valence-electron chi connectivity index (χ2n) is 17.7. The van der Waals surface area contributed by atoms with E-state index in [9.17, 15) is 0 Å². The Kier molecular flexibility index (Phi) is 8.79. The molecule has 0 N–H and O–H groups in total. The largest absolute Gasteiger partial charge is 0.309 e. The average Bonchev–Trinajstić information content (AvgIpc) is 4.06. The molecule has 0 amide bonds. The van der Waals surface area contributed by atoms with E-state index in [0.29, 0.717) is 17.6 Å². The van der Waals surface area contributed by atoms with Gasteiger partial charge in [-0.15, -0.1) is 0 Å². The Balaban J connectivity index is 1.06. The molecule has 69 heavy (non-hydrogen) atoms.